The van der Waals surface area contributed by atoms with Gasteiger partial charge in [0.1, 0.15) is 18.3 Å². The second kappa shape index (κ2) is 23.2. The summed E-state index contributed by atoms with van der Waals surface area (Å²) in [6.07, 6.45) is 0.958. The smallest absolute Gasteiger partial charge is 0.339 e. The zero-order chi connectivity index (χ0) is 52.7. The lowest BCUT2D eigenvalue weighted by atomic mass is 9.80. The fraction of sp³-hybridized carbons (Fsp3) is 0.830. The van der Waals surface area contributed by atoms with Crippen LogP contribution in [0.25, 0.3) is 0 Å². The van der Waals surface area contributed by atoms with E-state index in [9.17, 15) is 48.6 Å². The van der Waals surface area contributed by atoms with E-state index in [1.54, 1.807) is 20.1 Å². The van der Waals surface area contributed by atoms with Crippen LogP contribution < -0.4 is 0 Å². The van der Waals surface area contributed by atoms with Crippen LogP contribution in [0, 0.1) is 0 Å². The molecule has 0 saturated carbocycles. The molecule has 3 aliphatic rings. The van der Waals surface area contributed by atoms with Crippen molar-refractivity contribution >= 4 is 47.8 Å². The van der Waals surface area contributed by atoms with E-state index in [0.717, 1.165) is 0 Å². The summed E-state index contributed by atoms with van der Waals surface area (Å²) in [6, 6.07) is 0. The average molecular weight is 985 g/mol. The average Bonchev–Trinajstić information content (AvgIpc) is 3.11. The number of hydrogen-bond donors (Lipinski definition) is 2. The van der Waals surface area contributed by atoms with Crippen molar-refractivity contribution in [3.8, 4) is 0 Å². The number of ether oxygens (including phenoxy) is 3. The topological polar surface area (TPSA) is 252 Å². The third-order valence-corrected chi connectivity index (χ3v) is 12.5. The Morgan fingerprint density at radius 3 is 0.797 bits per heavy atom. The zero-order valence-corrected chi connectivity index (χ0v) is 43.6. The molecule has 0 aliphatic carbocycles. The Hall–Kier alpha value is -4.48. The molecule has 0 atom stereocenters. The maximum atomic E-state index is 14.0. The van der Waals surface area contributed by atoms with Crippen molar-refractivity contribution in [3.05, 3.63) is 0 Å². The molecule has 0 aromatic heterocycles. The van der Waals surface area contributed by atoms with Crippen molar-refractivity contribution in [2.24, 2.45) is 0 Å². The van der Waals surface area contributed by atoms with Gasteiger partial charge >= 0.3 is 47.8 Å². The van der Waals surface area contributed by atoms with Gasteiger partial charge in [0.15, 0.2) is 0 Å². The minimum Gasteiger partial charge on any atom is -0.480 e. The Morgan fingerprint density at radius 1 is 0.391 bits per heavy atom. The summed E-state index contributed by atoms with van der Waals surface area (Å²) in [5, 5.41) is 24.5. The van der Waals surface area contributed by atoms with Gasteiger partial charge in [0, 0.05) is 85.5 Å². The second-order valence-corrected chi connectivity index (χ2v) is 22.6. The maximum Gasteiger partial charge on any atom is 0.339 e. The number of carboxylic acid groups (broad SMARTS) is 2. The molecule has 3 rings (SSSR count). The highest BCUT2D eigenvalue weighted by atomic mass is 16.7. The van der Waals surface area contributed by atoms with Gasteiger partial charge in [0.05, 0.1) is 66.0 Å². The predicted octanol–water partition coefficient (Wildman–Crippen LogP) is 3.19. The molecule has 22 heteroatoms. The van der Waals surface area contributed by atoms with Crippen molar-refractivity contribution in [3.63, 3.8) is 0 Å². The van der Waals surface area contributed by atoms with E-state index >= 15 is 0 Å². The Morgan fingerprint density at radius 2 is 0.594 bits per heavy atom. The number of rotatable bonds is 22. The highest BCUT2D eigenvalue weighted by molar-refractivity contribution is 5.75. The van der Waals surface area contributed by atoms with E-state index in [2.05, 4.69) is 0 Å². The van der Waals surface area contributed by atoms with Gasteiger partial charge < -0.3 is 38.9 Å². The highest BCUT2D eigenvalue weighted by Crippen LogP contribution is 2.42. The molecule has 3 saturated heterocycles. The van der Waals surface area contributed by atoms with Crippen molar-refractivity contribution in [1.29, 1.82) is 0 Å². The van der Waals surface area contributed by atoms with Crippen LogP contribution in [0.4, 0.5) is 0 Å². The predicted molar refractivity (Wildman–Crippen MR) is 247 cm³/mol. The first-order valence-corrected chi connectivity index (χ1v) is 23.6. The number of carbonyl (C=O) groups is 8. The first kappa shape index (κ1) is 58.8. The SMILES string of the molecule is CC(=O)OC1CC(C)(C)N(OC(=O)CN(CCN(CC(=O)O)CC(=O)ON2C(C)(C)CC(OC(C)=O)CC2(C)C)CCN(CC(=O)O)CC(=O)ON2C(C)(C)CC(OC(C)=O)CC2(C)C)C(C)(C)C1. The van der Waals surface area contributed by atoms with Gasteiger partial charge in [0.25, 0.3) is 0 Å². The number of aliphatic carboxylic acids is 2. The number of carboxylic acids is 2. The lowest BCUT2D eigenvalue weighted by Crippen LogP contribution is -2.63. The molecule has 3 fully saturated rings. The maximum absolute atomic E-state index is 14.0. The molecule has 3 heterocycles. The number of esters is 3. The van der Waals surface area contributed by atoms with E-state index in [1.807, 2.05) is 83.1 Å². The van der Waals surface area contributed by atoms with Crippen molar-refractivity contribution < 1.29 is 77.3 Å². The molecule has 0 aromatic rings. The van der Waals surface area contributed by atoms with Gasteiger partial charge in [-0.3, -0.25) is 38.7 Å². The summed E-state index contributed by atoms with van der Waals surface area (Å²) < 4.78 is 16.6. The molecule has 0 amide bonds. The minimum absolute atomic E-state index is 0.0211. The Bertz CT molecular complexity index is 1730. The fourth-order valence-corrected chi connectivity index (χ4v) is 10.8. The van der Waals surface area contributed by atoms with Crippen LogP contribution in [-0.2, 0) is 67.1 Å². The Labute approximate surface area is 406 Å². The van der Waals surface area contributed by atoms with Crippen LogP contribution in [0.1, 0.15) is 142 Å². The van der Waals surface area contributed by atoms with Gasteiger partial charge in [0.2, 0.25) is 0 Å². The summed E-state index contributed by atoms with van der Waals surface area (Å²) in [5.74, 6) is -5.92. The fourth-order valence-electron chi connectivity index (χ4n) is 10.8. The normalized spacial score (nSPS) is 21.6. The quantitative estimate of drug-likeness (QED) is 0.117. The van der Waals surface area contributed by atoms with Gasteiger partial charge in [-0.15, -0.1) is 15.2 Å². The highest BCUT2D eigenvalue weighted by Gasteiger charge is 2.52. The molecule has 0 bridgehead atoms. The molecule has 69 heavy (non-hydrogen) atoms. The number of nitrogens with zero attached hydrogens (tertiary/aromatic N) is 6. The molecule has 0 unspecified atom stereocenters. The van der Waals surface area contributed by atoms with E-state index in [-0.39, 0.29) is 32.7 Å². The van der Waals surface area contributed by atoms with Crippen LogP contribution in [0.2, 0.25) is 0 Å². The standard InChI is InChI=1S/C47H80N6O16/c1-31(54)64-34-20-42(4,5)51(43(6,7)21-34)67-39(61)28-48(16-18-49(26-37(57)58)29-40(62)68-52-44(8,9)22-35(65-32(2)55)23-45(52,10)11)17-19-50(27-38(59)60)30-41(63)69-53-46(12,13)24-36(66-33(3)56)25-47(53,14)15/h34-36H,16-30H2,1-15H3,(H,57,58)(H,59,60). The minimum atomic E-state index is -1.23. The van der Waals surface area contributed by atoms with Crippen LogP contribution in [-0.4, -0.2) is 198 Å². The summed E-state index contributed by atoms with van der Waals surface area (Å²) in [4.78, 5) is 123. The van der Waals surface area contributed by atoms with Crippen LogP contribution in [0.3, 0.4) is 0 Å². The third kappa shape index (κ3) is 18.0. The summed E-state index contributed by atoms with van der Waals surface area (Å²) >= 11 is 0. The summed E-state index contributed by atoms with van der Waals surface area (Å²) in [7, 11) is 0. The molecule has 2 N–H and O–H groups in total. The second-order valence-electron chi connectivity index (χ2n) is 22.6. The van der Waals surface area contributed by atoms with Crippen LogP contribution in [0.5, 0.6) is 0 Å². The van der Waals surface area contributed by atoms with Gasteiger partial charge in [-0.25, -0.2) is 14.4 Å². The van der Waals surface area contributed by atoms with E-state index in [1.165, 1.54) is 30.6 Å². The molecule has 394 valence electrons. The first-order valence-electron chi connectivity index (χ1n) is 23.6. The van der Waals surface area contributed by atoms with Crippen molar-refractivity contribution in [2.45, 2.75) is 194 Å². The number of carbonyl (C=O) groups excluding carboxylic acids is 6. The molecule has 0 spiro atoms. The monoisotopic (exact) mass is 985 g/mol. The van der Waals surface area contributed by atoms with Gasteiger partial charge in [-0.05, 0) is 83.1 Å². The molecule has 3 aliphatic heterocycles. The molecular formula is C47H80N6O16. The lowest BCUT2D eigenvalue weighted by Gasteiger charge is -2.52. The van der Waals surface area contributed by atoms with Gasteiger partial charge in [-0.2, -0.15) is 0 Å². The lowest BCUT2D eigenvalue weighted by molar-refractivity contribution is -0.278. The summed E-state index contributed by atoms with van der Waals surface area (Å²) in [6.45, 7) is 23.6. The van der Waals surface area contributed by atoms with Crippen molar-refractivity contribution in [1.82, 2.24) is 29.9 Å². The zero-order valence-electron chi connectivity index (χ0n) is 43.6. The van der Waals surface area contributed by atoms with Crippen molar-refractivity contribution in [2.75, 3.05) is 58.9 Å². The molecule has 0 radical (unpaired) electrons. The largest absolute Gasteiger partial charge is 0.480 e. The molecule has 0 aromatic carbocycles. The Kier molecular flexibility index (Phi) is 19.8. The van der Waals surface area contributed by atoms with E-state index in [4.69, 9.17) is 28.7 Å². The van der Waals surface area contributed by atoms with Crippen LogP contribution in [0.15, 0.2) is 0 Å². The Balaban J connectivity index is 1.86. The third-order valence-electron chi connectivity index (χ3n) is 12.5. The number of hydroxylamine groups is 6. The first-order chi connectivity index (χ1) is 31.4. The molecular weight excluding hydrogens is 905 g/mol. The summed E-state index contributed by atoms with van der Waals surface area (Å²) in [5.41, 5.74) is -4.64. The van der Waals surface area contributed by atoms with Gasteiger partial charge in [-0.1, -0.05) is 0 Å². The molecule has 22 nitrogen and oxygen atoms in total. The number of piperidine rings is 3. The number of hydrogen-bond acceptors (Lipinski definition) is 20. The van der Waals surface area contributed by atoms with E-state index in [0.29, 0.717) is 38.5 Å². The van der Waals surface area contributed by atoms with E-state index < -0.39 is 125 Å². The van der Waals surface area contributed by atoms with Crippen LogP contribution >= 0.6 is 0 Å².